The zero-order valence-electron chi connectivity index (χ0n) is 10.2. The number of carbonyl (C=O) groups excluding carboxylic acids is 1. The molecule has 0 fully saturated rings. The van der Waals surface area contributed by atoms with Crippen molar-refractivity contribution >= 4 is 17.4 Å². The topological polar surface area (TPSA) is 64.6 Å². The molecule has 0 bridgehead atoms. The number of anilines is 2. The van der Waals surface area contributed by atoms with Crippen LogP contribution in [0.1, 0.15) is 6.42 Å². The van der Waals surface area contributed by atoms with Gasteiger partial charge >= 0.3 is 6.03 Å². The minimum absolute atomic E-state index is 0.0779. The first-order valence-electron chi connectivity index (χ1n) is 5.57. The minimum atomic E-state index is -0.257. The first kappa shape index (κ1) is 13.3. The Bertz CT molecular complexity index is 367. The fourth-order valence-corrected chi connectivity index (χ4v) is 1.42. The zero-order valence-corrected chi connectivity index (χ0v) is 10.2. The van der Waals surface area contributed by atoms with E-state index in [1.165, 1.54) is 0 Å². The van der Waals surface area contributed by atoms with Crippen LogP contribution in [0.5, 0.6) is 0 Å². The third-order valence-electron chi connectivity index (χ3n) is 2.25. The van der Waals surface area contributed by atoms with Gasteiger partial charge in [-0.15, -0.1) is 0 Å². The fourth-order valence-electron chi connectivity index (χ4n) is 1.42. The molecule has 5 nitrogen and oxygen atoms in total. The van der Waals surface area contributed by atoms with Crippen LogP contribution >= 0.6 is 0 Å². The third-order valence-corrected chi connectivity index (χ3v) is 2.25. The van der Waals surface area contributed by atoms with E-state index in [0.29, 0.717) is 13.0 Å². The highest BCUT2D eigenvalue weighted by Gasteiger charge is 2.06. The van der Waals surface area contributed by atoms with Crippen molar-refractivity contribution in [1.29, 1.82) is 0 Å². The van der Waals surface area contributed by atoms with Gasteiger partial charge in [0.2, 0.25) is 0 Å². The number of hydrogen-bond donors (Lipinski definition) is 3. The maximum absolute atomic E-state index is 11.5. The molecule has 1 rings (SSSR count). The van der Waals surface area contributed by atoms with Crippen LogP contribution in [0, 0.1) is 0 Å². The lowest BCUT2D eigenvalue weighted by atomic mass is 10.2. The summed E-state index contributed by atoms with van der Waals surface area (Å²) < 4.78 is 0. The number of aliphatic hydroxyl groups is 1. The molecule has 0 aliphatic rings. The first-order chi connectivity index (χ1) is 8.15. The maximum Gasteiger partial charge on any atom is 0.319 e. The zero-order chi connectivity index (χ0) is 12.7. The first-order valence-corrected chi connectivity index (χ1v) is 5.57. The number of hydrogen-bond acceptors (Lipinski definition) is 3. The van der Waals surface area contributed by atoms with Gasteiger partial charge in [-0.05, 0) is 18.6 Å². The van der Waals surface area contributed by atoms with Crippen LogP contribution in [-0.4, -0.2) is 38.4 Å². The van der Waals surface area contributed by atoms with Gasteiger partial charge in [-0.3, -0.25) is 0 Å². The lowest BCUT2D eigenvalue weighted by molar-refractivity contribution is 0.249. The van der Waals surface area contributed by atoms with E-state index in [9.17, 15) is 4.79 Å². The molecule has 0 atom stereocenters. The Hall–Kier alpha value is -1.75. The molecule has 3 N–H and O–H groups in total. The van der Waals surface area contributed by atoms with Gasteiger partial charge in [0.15, 0.2) is 0 Å². The SMILES string of the molecule is CN(C)c1ccccc1NC(=O)NCCCO. The van der Waals surface area contributed by atoms with E-state index < -0.39 is 0 Å². The molecule has 5 heteroatoms. The van der Waals surface area contributed by atoms with Crippen LogP contribution < -0.4 is 15.5 Å². The summed E-state index contributed by atoms with van der Waals surface area (Å²) in [5, 5.41) is 14.1. The van der Waals surface area contributed by atoms with Crippen molar-refractivity contribution in [2.75, 3.05) is 37.5 Å². The van der Waals surface area contributed by atoms with Crippen LogP contribution in [0.3, 0.4) is 0 Å². The van der Waals surface area contributed by atoms with Gasteiger partial charge in [-0.25, -0.2) is 4.79 Å². The number of benzene rings is 1. The Balaban J connectivity index is 2.58. The van der Waals surface area contributed by atoms with Gasteiger partial charge < -0.3 is 20.6 Å². The summed E-state index contributed by atoms with van der Waals surface area (Å²) in [5.74, 6) is 0. The van der Waals surface area contributed by atoms with Crippen molar-refractivity contribution in [1.82, 2.24) is 5.32 Å². The highest BCUT2D eigenvalue weighted by molar-refractivity contribution is 5.93. The molecular formula is C12H19N3O2. The summed E-state index contributed by atoms with van der Waals surface area (Å²) in [7, 11) is 3.84. The number of para-hydroxylation sites is 2. The standard InChI is InChI=1S/C12H19N3O2/c1-15(2)11-7-4-3-6-10(11)14-12(17)13-8-5-9-16/h3-4,6-7,16H,5,8-9H2,1-2H3,(H2,13,14,17). The van der Waals surface area contributed by atoms with Gasteiger partial charge in [0.1, 0.15) is 0 Å². The number of urea groups is 1. The second-order valence-electron chi connectivity index (χ2n) is 3.87. The van der Waals surface area contributed by atoms with Gasteiger partial charge in [-0.2, -0.15) is 0 Å². The third kappa shape index (κ3) is 4.32. The number of rotatable bonds is 5. The molecule has 0 aliphatic carbocycles. The fraction of sp³-hybridized carbons (Fsp3) is 0.417. The van der Waals surface area contributed by atoms with E-state index in [1.54, 1.807) is 0 Å². The van der Waals surface area contributed by atoms with E-state index in [1.807, 2.05) is 43.3 Å². The molecule has 2 amide bonds. The highest BCUT2D eigenvalue weighted by Crippen LogP contribution is 2.22. The quantitative estimate of drug-likeness (QED) is 0.675. The molecule has 1 aromatic carbocycles. The average molecular weight is 237 g/mol. The van der Waals surface area contributed by atoms with E-state index in [0.717, 1.165) is 11.4 Å². The van der Waals surface area contributed by atoms with Gasteiger partial charge in [0, 0.05) is 27.2 Å². The Morgan fingerprint density at radius 2 is 2.06 bits per heavy atom. The molecule has 94 valence electrons. The largest absolute Gasteiger partial charge is 0.396 e. The minimum Gasteiger partial charge on any atom is -0.396 e. The van der Waals surface area contributed by atoms with Crippen LogP contribution in [0.25, 0.3) is 0 Å². The smallest absolute Gasteiger partial charge is 0.319 e. The lowest BCUT2D eigenvalue weighted by Gasteiger charge is -2.17. The van der Waals surface area contributed by atoms with Gasteiger partial charge in [0.05, 0.1) is 11.4 Å². The summed E-state index contributed by atoms with van der Waals surface area (Å²) >= 11 is 0. The Kier molecular flexibility index (Phi) is 5.29. The number of amides is 2. The second-order valence-corrected chi connectivity index (χ2v) is 3.87. The maximum atomic E-state index is 11.5. The second kappa shape index (κ2) is 6.75. The number of carbonyl (C=O) groups is 1. The van der Waals surface area contributed by atoms with E-state index in [-0.39, 0.29) is 12.6 Å². The Labute approximate surface area is 101 Å². The van der Waals surface area contributed by atoms with Crippen LogP contribution in [-0.2, 0) is 0 Å². The molecule has 0 unspecified atom stereocenters. The van der Waals surface area contributed by atoms with E-state index >= 15 is 0 Å². The van der Waals surface area contributed by atoms with Crippen molar-refractivity contribution in [2.24, 2.45) is 0 Å². The summed E-state index contributed by atoms with van der Waals surface area (Å²) in [4.78, 5) is 13.5. The Morgan fingerprint density at radius 3 is 2.71 bits per heavy atom. The molecule has 0 saturated carbocycles. The van der Waals surface area contributed by atoms with E-state index in [4.69, 9.17) is 5.11 Å². The van der Waals surface area contributed by atoms with Crippen LogP contribution in [0.15, 0.2) is 24.3 Å². The molecule has 0 aromatic heterocycles. The molecule has 0 saturated heterocycles. The number of aliphatic hydroxyl groups excluding tert-OH is 1. The normalized spacial score (nSPS) is 9.82. The monoisotopic (exact) mass is 237 g/mol. The average Bonchev–Trinajstić information content (AvgIpc) is 2.29. The van der Waals surface area contributed by atoms with E-state index in [2.05, 4.69) is 10.6 Å². The number of nitrogens with one attached hydrogen (secondary N) is 2. The van der Waals surface area contributed by atoms with Gasteiger partial charge in [0.25, 0.3) is 0 Å². The molecule has 0 spiro atoms. The van der Waals surface area contributed by atoms with Crippen LogP contribution in [0.2, 0.25) is 0 Å². The van der Waals surface area contributed by atoms with Crippen molar-refractivity contribution < 1.29 is 9.90 Å². The highest BCUT2D eigenvalue weighted by atomic mass is 16.3. The molecular weight excluding hydrogens is 218 g/mol. The summed E-state index contributed by atoms with van der Waals surface area (Å²) in [6.07, 6.45) is 0.558. The molecule has 17 heavy (non-hydrogen) atoms. The molecule has 0 heterocycles. The molecule has 0 radical (unpaired) electrons. The van der Waals surface area contributed by atoms with Gasteiger partial charge in [-0.1, -0.05) is 12.1 Å². The summed E-state index contributed by atoms with van der Waals surface area (Å²) in [6, 6.07) is 7.32. The predicted octanol–water partition coefficient (Wildman–Crippen LogP) is 1.26. The molecule has 0 aliphatic heterocycles. The van der Waals surface area contributed by atoms with Crippen LogP contribution in [0.4, 0.5) is 16.2 Å². The van der Waals surface area contributed by atoms with Crippen molar-refractivity contribution in [3.8, 4) is 0 Å². The van der Waals surface area contributed by atoms with Crippen molar-refractivity contribution in [2.45, 2.75) is 6.42 Å². The summed E-state index contributed by atoms with van der Waals surface area (Å²) in [6.45, 7) is 0.543. The lowest BCUT2D eigenvalue weighted by Crippen LogP contribution is -2.30. The van der Waals surface area contributed by atoms with Crippen molar-refractivity contribution in [3.63, 3.8) is 0 Å². The number of nitrogens with zero attached hydrogens (tertiary/aromatic N) is 1. The predicted molar refractivity (Wildman–Crippen MR) is 69.5 cm³/mol. The Morgan fingerprint density at radius 1 is 1.35 bits per heavy atom. The summed E-state index contributed by atoms with van der Waals surface area (Å²) in [5.41, 5.74) is 1.71. The van der Waals surface area contributed by atoms with Crippen molar-refractivity contribution in [3.05, 3.63) is 24.3 Å². The molecule has 1 aromatic rings.